The molecule has 2 heterocycles. The lowest BCUT2D eigenvalue weighted by Gasteiger charge is -2.23. The van der Waals surface area contributed by atoms with Gasteiger partial charge >= 0.3 is 0 Å². The Kier molecular flexibility index (Phi) is 4.13. The number of H-pyrrole nitrogens is 1. The highest BCUT2D eigenvalue weighted by molar-refractivity contribution is 5.95. The Morgan fingerprint density at radius 1 is 1.41 bits per heavy atom. The van der Waals surface area contributed by atoms with E-state index in [0.29, 0.717) is 6.42 Å². The molecule has 1 N–H and O–H groups in total. The maximum absolute atomic E-state index is 12.7. The molecule has 0 bridgehead atoms. The summed E-state index contributed by atoms with van der Waals surface area (Å²) in [7, 11) is 1.68. The van der Waals surface area contributed by atoms with Crippen LogP contribution in [-0.4, -0.2) is 29.8 Å². The Morgan fingerprint density at radius 2 is 2.27 bits per heavy atom. The number of carbonyl (C=O) groups is 1. The summed E-state index contributed by atoms with van der Waals surface area (Å²) < 4.78 is 5.46. The van der Waals surface area contributed by atoms with Gasteiger partial charge in [0.15, 0.2) is 0 Å². The van der Waals surface area contributed by atoms with Gasteiger partial charge in [-0.3, -0.25) is 9.89 Å². The molecule has 1 aromatic carbocycles. The number of aromatic amines is 1. The molecule has 1 aliphatic heterocycles. The van der Waals surface area contributed by atoms with E-state index in [0.717, 1.165) is 54.2 Å². The van der Waals surface area contributed by atoms with E-state index in [4.69, 9.17) is 4.74 Å². The smallest absolute Gasteiger partial charge is 0.233 e. The van der Waals surface area contributed by atoms with Crippen LogP contribution >= 0.6 is 0 Å². The van der Waals surface area contributed by atoms with Crippen LogP contribution in [0.25, 0.3) is 0 Å². The molecule has 0 aliphatic carbocycles. The lowest BCUT2D eigenvalue weighted by molar-refractivity contribution is -0.118. The molecule has 0 atom stereocenters. The van der Waals surface area contributed by atoms with Gasteiger partial charge < -0.3 is 9.64 Å². The Balaban J connectivity index is 1.89. The Labute approximate surface area is 130 Å². The summed E-state index contributed by atoms with van der Waals surface area (Å²) in [4.78, 5) is 14.6. The molecule has 5 heteroatoms. The number of benzene rings is 1. The third-order valence-corrected chi connectivity index (χ3v) is 4.07. The summed E-state index contributed by atoms with van der Waals surface area (Å²) >= 11 is 0. The summed E-state index contributed by atoms with van der Waals surface area (Å²) in [6, 6.07) is 7.84. The molecule has 1 aliphatic rings. The first kappa shape index (κ1) is 14.6. The summed E-state index contributed by atoms with van der Waals surface area (Å²) in [6.07, 6.45) is 3.34. The Bertz CT molecular complexity index is 678. The third-order valence-electron chi connectivity index (χ3n) is 4.07. The second-order valence-corrected chi connectivity index (χ2v) is 5.68. The lowest BCUT2D eigenvalue weighted by atomic mass is 10.1. The molecule has 22 heavy (non-hydrogen) atoms. The van der Waals surface area contributed by atoms with Crippen LogP contribution in [0.3, 0.4) is 0 Å². The molecule has 0 spiro atoms. The van der Waals surface area contributed by atoms with Crippen molar-refractivity contribution in [2.75, 3.05) is 18.6 Å². The minimum absolute atomic E-state index is 0.0860. The van der Waals surface area contributed by atoms with E-state index in [2.05, 4.69) is 10.2 Å². The van der Waals surface area contributed by atoms with Crippen LogP contribution in [0.1, 0.15) is 29.8 Å². The summed E-state index contributed by atoms with van der Waals surface area (Å²) in [5, 5.41) is 7.05. The fourth-order valence-corrected chi connectivity index (χ4v) is 3.02. The summed E-state index contributed by atoms with van der Waals surface area (Å²) in [5.41, 5.74) is 3.88. The van der Waals surface area contributed by atoms with Gasteiger partial charge in [-0.15, -0.1) is 0 Å². The number of carbonyl (C=O) groups excluding carboxylic acids is 1. The maximum atomic E-state index is 12.7. The predicted octanol–water partition coefficient (Wildman–Crippen LogP) is 2.64. The van der Waals surface area contributed by atoms with E-state index < -0.39 is 0 Å². The van der Waals surface area contributed by atoms with E-state index in [1.54, 1.807) is 7.11 Å². The maximum Gasteiger partial charge on any atom is 0.233 e. The Morgan fingerprint density at radius 3 is 3.00 bits per heavy atom. The van der Waals surface area contributed by atoms with Crippen LogP contribution in [0.2, 0.25) is 0 Å². The van der Waals surface area contributed by atoms with Gasteiger partial charge in [-0.25, -0.2) is 0 Å². The number of hydrogen-bond acceptors (Lipinski definition) is 3. The molecule has 3 rings (SSSR count). The number of fused-ring (bicyclic) bond motifs is 1. The molecule has 1 amide bonds. The van der Waals surface area contributed by atoms with Crippen LogP contribution in [0.15, 0.2) is 24.3 Å². The van der Waals surface area contributed by atoms with Gasteiger partial charge in [0, 0.05) is 17.8 Å². The fraction of sp³-hybridized carbons (Fsp3) is 0.412. The zero-order chi connectivity index (χ0) is 15.5. The minimum atomic E-state index is 0.0860. The lowest BCUT2D eigenvalue weighted by Crippen LogP contribution is -2.33. The minimum Gasteiger partial charge on any atom is -0.496 e. The van der Waals surface area contributed by atoms with Crippen molar-refractivity contribution >= 4 is 11.6 Å². The molecule has 1 aromatic heterocycles. The highest BCUT2D eigenvalue weighted by Gasteiger charge is 2.23. The van der Waals surface area contributed by atoms with Crippen molar-refractivity contribution in [3.63, 3.8) is 0 Å². The number of nitrogens with zero attached hydrogens (tertiary/aromatic N) is 2. The van der Waals surface area contributed by atoms with Crippen LogP contribution < -0.4 is 9.64 Å². The van der Waals surface area contributed by atoms with Crippen molar-refractivity contribution in [1.29, 1.82) is 0 Å². The second-order valence-electron chi connectivity index (χ2n) is 5.68. The van der Waals surface area contributed by atoms with Gasteiger partial charge in [0.25, 0.3) is 0 Å². The first-order valence-corrected chi connectivity index (χ1v) is 7.66. The van der Waals surface area contributed by atoms with E-state index in [9.17, 15) is 4.79 Å². The number of methoxy groups -OCH3 is 1. The van der Waals surface area contributed by atoms with E-state index in [1.807, 2.05) is 36.1 Å². The Hall–Kier alpha value is -2.30. The first-order valence-electron chi connectivity index (χ1n) is 7.66. The van der Waals surface area contributed by atoms with Crippen LogP contribution in [0.5, 0.6) is 5.75 Å². The second kappa shape index (κ2) is 6.22. The topological polar surface area (TPSA) is 58.2 Å². The van der Waals surface area contributed by atoms with Crippen molar-refractivity contribution < 1.29 is 9.53 Å². The number of rotatable bonds is 3. The highest BCUT2D eigenvalue weighted by atomic mass is 16.5. The number of anilines is 1. The van der Waals surface area contributed by atoms with Crippen molar-refractivity contribution in [2.45, 2.75) is 32.6 Å². The zero-order valence-corrected chi connectivity index (χ0v) is 13.1. The number of aromatic nitrogens is 2. The number of nitrogens with one attached hydrogen (secondary N) is 1. The van der Waals surface area contributed by atoms with Gasteiger partial charge in [0.1, 0.15) is 5.75 Å². The van der Waals surface area contributed by atoms with Crippen LogP contribution in [0.4, 0.5) is 5.69 Å². The SMILES string of the molecule is COc1cccc2c1CCCCN2C(=O)Cc1cc(C)[nH]n1. The largest absolute Gasteiger partial charge is 0.496 e. The number of hydrogen-bond donors (Lipinski definition) is 1. The molecule has 0 fully saturated rings. The van der Waals surface area contributed by atoms with Crippen molar-refractivity contribution in [2.24, 2.45) is 0 Å². The molecule has 0 saturated heterocycles. The fourth-order valence-electron chi connectivity index (χ4n) is 3.02. The zero-order valence-electron chi connectivity index (χ0n) is 13.1. The molecule has 116 valence electrons. The normalized spacial score (nSPS) is 14.4. The van der Waals surface area contributed by atoms with E-state index >= 15 is 0 Å². The van der Waals surface area contributed by atoms with Crippen LogP contribution in [-0.2, 0) is 17.6 Å². The summed E-state index contributed by atoms with van der Waals surface area (Å²) in [6.45, 7) is 2.69. The molecular formula is C17H21N3O2. The monoisotopic (exact) mass is 299 g/mol. The predicted molar refractivity (Wildman–Crippen MR) is 85.3 cm³/mol. The third kappa shape index (κ3) is 2.84. The molecular weight excluding hydrogens is 278 g/mol. The van der Waals surface area contributed by atoms with Crippen molar-refractivity contribution in [3.05, 3.63) is 41.2 Å². The molecule has 0 saturated carbocycles. The van der Waals surface area contributed by atoms with Gasteiger partial charge in [-0.2, -0.15) is 5.10 Å². The molecule has 5 nitrogen and oxygen atoms in total. The van der Waals surface area contributed by atoms with Gasteiger partial charge in [-0.1, -0.05) is 6.07 Å². The van der Waals surface area contributed by atoms with Crippen molar-refractivity contribution in [1.82, 2.24) is 10.2 Å². The first-order chi connectivity index (χ1) is 10.7. The number of ether oxygens (including phenoxy) is 1. The van der Waals surface area contributed by atoms with Crippen molar-refractivity contribution in [3.8, 4) is 5.75 Å². The number of amides is 1. The quantitative estimate of drug-likeness (QED) is 0.948. The molecule has 0 radical (unpaired) electrons. The van der Waals surface area contributed by atoms with Gasteiger partial charge in [-0.05, 0) is 44.4 Å². The van der Waals surface area contributed by atoms with Gasteiger partial charge in [0.2, 0.25) is 5.91 Å². The molecule has 2 aromatic rings. The average molecular weight is 299 g/mol. The van der Waals surface area contributed by atoms with Crippen LogP contribution in [0, 0.1) is 6.92 Å². The standard InChI is InChI=1S/C17H21N3O2/c1-12-10-13(19-18-12)11-17(21)20-9-4-3-6-14-15(20)7-5-8-16(14)22-2/h5,7-8,10H,3-4,6,9,11H2,1-2H3,(H,18,19). The van der Waals surface area contributed by atoms with Gasteiger partial charge in [0.05, 0.1) is 24.9 Å². The molecule has 0 unspecified atom stereocenters. The van der Waals surface area contributed by atoms with E-state index in [-0.39, 0.29) is 5.91 Å². The average Bonchev–Trinajstić information content (AvgIpc) is 2.80. The van der Waals surface area contributed by atoms with E-state index in [1.165, 1.54) is 0 Å². The number of aryl methyl sites for hydroxylation is 1. The summed E-state index contributed by atoms with van der Waals surface area (Å²) in [5.74, 6) is 0.954. The highest BCUT2D eigenvalue weighted by Crippen LogP contribution is 2.33.